The standard InChI is InChI=1S/C11H10NO/c12-8-9-4-1-2-7-11(9)13-10-5-3-6-10/h2,4,7,10H,3,5-6H2. The van der Waals surface area contributed by atoms with Crippen LogP contribution in [-0.4, -0.2) is 6.10 Å². The highest BCUT2D eigenvalue weighted by Gasteiger charge is 2.19. The van der Waals surface area contributed by atoms with Gasteiger partial charge in [-0.05, 0) is 37.5 Å². The van der Waals surface area contributed by atoms with Crippen molar-refractivity contribution in [2.45, 2.75) is 25.4 Å². The largest absolute Gasteiger partial charge is 0.489 e. The first-order valence-corrected chi connectivity index (χ1v) is 4.47. The molecule has 1 aromatic rings. The van der Waals surface area contributed by atoms with E-state index in [9.17, 15) is 0 Å². The van der Waals surface area contributed by atoms with Crippen LogP contribution in [0.3, 0.4) is 0 Å². The van der Waals surface area contributed by atoms with E-state index in [0.717, 1.165) is 12.8 Å². The zero-order valence-corrected chi connectivity index (χ0v) is 7.29. The second-order valence-electron chi connectivity index (χ2n) is 3.20. The minimum Gasteiger partial charge on any atom is -0.489 e. The second-order valence-corrected chi connectivity index (χ2v) is 3.20. The number of benzene rings is 1. The third-order valence-corrected chi connectivity index (χ3v) is 2.29. The van der Waals surface area contributed by atoms with Crippen molar-refractivity contribution in [2.24, 2.45) is 0 Å². The van der Waals surface area contributed by atoms with Crippen LogP contribution in [0.2, 0.25) is 0 Å². The van der Waals surface area contributed by atoms with Gasteiger partial charge >= 0.3 is 0 Å². The Labute approximate surface area is 77.8 Å². The summed E-state index contributed by atoms with van der Waals surface area (Å²) in [4.78, 5) is 0. The molecule has 0 aliphatic heterocycles. The lowest BCUT2D eigenvalue weighted by Gasteiger charge is -2.26. The molecule has 13 heavy (non-hydrogen) atoms. The van der Waals surface area contributed by atoms with Crippen molar-refractivity contribution < 1.29 is 4.74 Å². The molecule has 0 aromatic heterocycles. The van der Waals surface area contributed by atoms with Crippen molar-refractivity contribution in [2.75, 3.05) is 0 Å². The van der Waals surface area contributed by atoms with Crippen LogP contribution in [0.5, 0.6) is 5.75 Å². The summed E-state index contributed by atoms with van der Waals surface area (Å²) in [5, 5.41) is 8.77. The zero-order chi connectivity index (χ0) is 9.10. The van der Waals surface area contributed by atoms with E-state index in [4.69, 9.17) is 10.00 Å². The minimum absolute atomic E-state index is 0.328. The predicted molar refractivity (Wildman–Crippen MR) is 48.3 cm³/mol. The highest BCUT2D eigenvalue weighted by atomic mass is 16.5. The number of ether oxygens (including phenoxy) is 1. The second kappa shape index (κ2) is 3.49. The summed E-state index contributed by atoms with van der Waals surface area (Å²) < 4.78 is 5.63. The molecule has 1 aromatic carbocycles. The van der Waals surface area contributed by atoms with Crippen molar-refractivity contribution in [3.05, 3.63) is 29.8 Å². The maximum absolute atomic E-state index is 8.77. The van der Waals surface area contributed by atoms with Gasteiger partial charge < -0.3 is 4.74 Å². The molecular weight excluding hydrogens is 162 g/mol. The van der Waals surface area contributed by atoms with E-state index in [1.165, 1.54) is 6.42 Å². The van der Waals surface area contributed by atoms with Gasteiger partial charge in [-0.1, -0.05) is 6.07 Å². The monoisotopic (exact) mass is 172 g/mol. The Kier molecular flexibility index (Phi) is 2.18. The highest BCUT2D eigenvalue weighted by molar-refractivity contribution is 5.42. The van der Waals surface area contributed by atoms with Gasteiger partial charge in [-0.25, -0.2) is 0 Å². The molecule has 0 N–H and O–H groups in total. The van der Waals surface area contributed by atoms with Crippen LogP contribution in [0.25, 0.3) is 0 Å². The summed E-state index contributed by atoms with van der Waals surface area (Å²) in [5.41, 5.74) is 0.578. The minimum atomic E-state index is 0.328. The fourth-order valence-corrected chi connectivity index (χ4v) is 1.27. The van der Waals surface area contributed by atoms with Crippen LogP contribution in [0.15, 0.2) is 18.2 Å². The Balaban J connectivity index is 2.14. The van der Waals surface area contributed by atoms with E-state index in [0.29, 0.717) is 17.4 Å². The van der Waals surface area contributed by atoms with E-state index < -0.39 is 0 Å². The van der Waals surface area contributed by atoms with Crippen LogP contribution in [0.1, 0.15) is 24.8 Å². The molecule has 2 nitrogen and oxygen atoms in total. The molecule has 1 saturated carbocycles. The lowest BCUT2D eigenvalue weighted by atomic mass is 9.96. The van der Waals surface area contributed by atoms with Gasteiger partial charge in [-0.2, -0.15) is 5.26 Å². The number of nitriles is 1. The van der Waals surface area contributed by atoms with Crippen molar-refractivity contribution in [3.8, 4) is 11.8 Å². The van der Waals surface area contributed by atoms with Gasteiger partial charge in [0.1, 0.15) is 11.8 Å². The number of nitrogens with zero attached hydrogens (tertiary/aromatic N) is 1. The normalized spacial score (nSPS) is 15.9. The zero-order valence-electron chi connectivity index (χ0n) is 7.29. The first kappa shape index (κ1) is 8.12. The molecule has 1 radical (unpaired) electrons. The quantitative estimate of drug-likeness (QED) is 0.685. The Morgan fingerprint density at radius 1 is 1.54 bits per heavy atom. The highest BCUT2D eigenvalue weighted by Crippen LogP contribution is 2.26. The van der Waals surface area contributed by atoms with Crippen molar-refractivity contribution in [1.29, 1.82) is 5.26 Å². The average Bonchev–Trinajstić information content (AvgIpc) is 2.12. The van der Waals surface area contributed by atoms with Crippen molar-refractivity contribution in [1.82, 2.24) is 0 Å². The van der Waals surface area contributed by atoms with E-state index in [1.54, 1.807) is 18.2 Å². The smallest absolute Gasteiger partial charge is 0.137 e. The van der Waals surface area contributed by atoms with Gasteiger partial charge in [0.05, 0.1) is 11.7 Å². The summed E-state index contributed by atoms with van der Waals surface area (Å²) in [5.74, 6) is 0.700. The Morgan fingerprint density at radius 2 is 2.38 bits per heavy atom. The fraction of sp³-hybridized carbons (Fsp3) is 0.364. The van der Waals surface area contributed by atoms with Crippen LogP contribution in [0, 0.1) is 17.4 Å². The van der Waals surface area contributed by atoms with Gasteiger partial charge in [0, 0.05) is 0 Å². The number of hydrogen-bond acceptors (Lipinski definition) is 2. The average molecular weight is 172 g/mol. The molecule has 0 heterocycles. The van der Waals surface area contributed by atoms with Crippen LogP contribution >= 0.6 is 0 Å². The maximum Gasteiger partial charge on any atom is 0.137 e. The van der Waals surface area contributed by atoms with Crippen LogP contribution in [-0.2, 0) is 0 Å². The lowest BCUT2D eigenvalue weighted by molar-refractivity contribution is 0.120. The Morgan fingerprint density at radius 3 is 3.00 bits per heavy atom. The molecule has 1 fully saturated rings. The molecule has 0 unspecified atom stereocenters. The number of hydrogen-bond donors (Lipinski definition) is 0. The molecular formula is C11H10NO. The van der Waals surface area contributed by atoms with Crippen molar-refractivity contribution >= 4 is 0 Å². The van der Waals surface area contributed by atoms with E-state index in [-0.39, 0.29) is 0 Å². The summed E-state index contributed by atoms with van der Waals surface area (Å²) in [6.45, 7) is 0. The summed E-state index contributed by atoms with van der Waals surface area (Å²) in [7, 11) is 0. The van der Waals surface area contributed by atoms with Crippen LogP contribution < -0.4 is 4.74 Å². The van der Waals surface area contributed by atoms with E-state index in [2.05, 4.69) is 12.1 Å². The molecule has 1 aliphatic carbocycles. The van der Waals surface area contributed by atoms with E-state index >= 15 is 0 Å². The molecule has 0 atom stereocenters. The number of rotatable bonds is 2. The third-order valence-electron chi connectivity index (χ3n) is 2.29. The van der Waals surface area contributed by atoms with E-state index in [1.807, 2.05) is 0 Å². The molecule has 0 spiro atoms. The Hall–Kier alpha value is -1.49. The molecule has 2 heteroatoms. The van der Waals surface area contributed by atoms with Gasteiger partial charge in [-0.15, -0.1) is 0 Å². The molecule has 0 amide bonds. The first-order valence-electron chi connectivity index (χ1n) is 4.47. The summed E-state index contributed by atoms with van der Waals surface area (Å²) in [6, 6.07) is 10.2. The van der Waals surface area contributed by atoms with Gasteiger partial charge in [0.25, 0.3) is 0 Å². The molecule has 0 bridgehead atoms. The van der Waals surface area contributed by atoms with Crippen molar-refractivity contribution in [3.63, 3.8) is 0 Å². The molecule has 65 valence electrons. The maximum atomic E-state index is 8.77. The molecule has 2 rings (SSSR count). The third kappa shape index (κ3) is 1.65. The summed E-state index contributed by atoms with van der Waals surface area (Å²) in [6.07, 6.45) is 3.80. The van der Waals surface area contributed by atoms with Gasteiger partial charge in [0.2, 0.25) is 0 Å². The Bertz CT molecular complexity index is 336. The summed E-state index contributed by atoms with van der Waals surface area (Å²) >= 11 is 0. The SMILES string of the molecule is N#Cc1c[c]ccc1OC1CCC1. The predicted octanol–water partition coefficient (Wildman–Crippen LogP) is 2.29. The fourth-order valence-electron chi connectivity index (χ4n) is 1.27. The van der Waals surface area contributed by atoms with Gasteiger partial charge in [0.15, 0.2) is 0 Å². The molecule has 1 aliphatic rings. The molecule has 0 saturated heterocycles. The first-order chi connectivity index (χ1) is 6.40. The topological polar surface area (TPSA) is 33.0 Å². The lowest BCUT2D eigenvalue weighted by Crippen LogP contribution is -2.24. The van der Waals surface area contributed by atoms with Crippen LogP contribution in [0.4, 0.5) is 0 Å². The van der Waals surface area contributed by atoms with Gasteiger partial charge in [-0.3, -0.25) is 0 Å².